The molecule has 9 nitrogen and oxygen atoms in total. The number of methoxy groups -OCH3 is 1. The Morgan fingerprint density at radius 2 is 1.69 bits per heavy atom. The van der Waals surface area contributed by atoms with Crippen LogP contribution in [0.25, 0.3) is 0 Å². The highest BCUT2D eigenvalue weighted by atomic mass is 16.6. The van der Waals surface area contributed by atoms with Crippen LogP contribution in [0.3, 0.4) is 0 Å². The van der Waals surface area contributed by atoms with Crippen molar-refractivity contribution in [2.75, 3.05) is 12.4 Å². The van der Waals surface area contributed by atoms with Gasteiger partial charge in [0, 0.05) is 17.1 Å². The molecule has 1 aliphatic rings. The molecule has 29 heavy (non-hydrogen) atoms. The van der Waals surface area contributed by atoms with Crippen molar-refractivity contribution >= 4 is 11.5 Å². The minimum atomic E-state index is -0.515. The van der Waals surface area contributed by atoms with Gasteiger partial charge in [0.05, 0.1) is 12.0 Å². The quantitative estimate of drug-likeness (QED) is 0.554. The predicted octanol–water partition coefficient (Wildman–Crippen LogP) is 3.91. The molecule has 1 aromatic heterocycles. The van der Waals surface area contributed by atoms with Gasteiger partial charge in [0.2, 0.25) is 5.82 Å². The zero-order valence-corrected chi connectivity index (χ0v) is 17.4. The summed E-state index contributed by atoms with van der Waals surface area (Å²) in [5.41, 5.74) is -0.495. The standard InChI is InChI=1S/C20H27N5O4/c1-19(2)10-13(11-20(3,4)24-19)23-17-16(25(26)27)18(22-12-21-17)29-15-8-6-14(28-5)7-9-15/h6-9,12-13,24H,10-11H2,1-5H3,(H,21,22,23). The first-order chi connectivity index (χ1) is 13.6. The van der Waals surface area contributed by atoms with Crippen molar-refractivity contribution in [3.8, 4) is 17.4 Å². The molecule has 1 aliphatic heterocycles. The van der Waals surface area contributed by atoms with Crippen molar-refractivity contribution < 1.29 is 14.4 Å². The van der Waals surface area contributed by atoms with Gasteiger partial charge in [-0.3, -0.25) is 10.1 Å². The second-order valence-electron chi connectivity index (χ2n) is 8.55. The molecule has 1 aromatic carbocycles. The SMILES string of the molecule is COc1ccc(Oc2ncnc(NC3CC(C)(C)NC(C)(C)C3)c2[N+](=O)[O-])cc1. The van der Waals surface area contributed by atoms with Crippen molar-refractivity contribution in [1.82, 2.24) is 15.3 Å². The van der Waals surface area contributed by atoms with Gasteiger partial charge in [0.15, 0.2) is 0 Å². The van der Waals surface area contributed by atoms with Gasteiger partial charge in [-0.05, 0) is 64.8 Å². The van der Waals surface area contributed by atoms with Crippen molar-refractivity contribution in [3.05, 3.63) is 40.7 Å². The predicted molar refractivity (Wildman–Crippen MR) is 110 cm³/mol. The number of piperidine rings is 1. The lowest BCUT2D eigenvalue weighted by atomic mass is 9.79. The molecular formula is C20H27N5O4. The number of benzene rings is 1. The molecule has 3 rings (SSSR count). The molecule has 0 atom stereocenters. The van der Waals surface area contributed by atoms with E-state index in [9.17, 15) is 10.1 Å². The van der Waals surface area contributed by atoms with E-state index >= 15 is 0 Å². The Morgan fingerprint density at radius 1 is 1.10 bits per heavy atom. The van der Waals surface area contributed by atoms with Gasteiger partial charge in [0.1, 0.15) is 17.8 Å². The fourth-order valence-electron chi connectivity index (χ4n) is 4.08. The fourth-order valence-corrected chi connectivity index (χ4v) is 4.08. The summed E-state index contributed by atoms with van der Waals surface area (Å²) in [6.45, 7) is 8.48. The monoisotopic (exact) mass is 401 g/mol. The van der Waals surface area contributed by atoms with E-state index in [2.05, 4.69) is 48.3 Å². The highest BCUT2D eigenvalue weighted by Gasteiger charge is 2.39. The molecule has 0 amide bonds. The number of anilines is 1. The first-order valence-electron chi connectivity index (χ1n) is 9.46. The summed E-state index contributed by atoms with van der Waals surface area (Å²) in [6, 6.07) is 6.76. The normalized spacial score (nSPS) is 18.1. The van der Waals surface area contributed by atoms with Crippen molar-refractivity contribution in [2.45, 2.75) is 57.7 Å². The van der Waals surface area contributed by atoms with Crippen LogP contribution < -0.4 is 20.1 Å². The molecule has 0 spiro atoms. The summed E-state index contributed by atoms with van der Waals surface area (Å²) in [6.07, 6.45) is 2.87. The van der Waals surface area contributed by atoms with Gasteiger partial charge in [-0.2, -0.15) is 4.98 Å². The molecule has 156 valence electrons. The van der Waals surface area contributed by atoms with E-state index in [1.807, 2.05) is 0 Å². The smallest absolute Gasteiger partial charge is 0.373 e. The van der Waals surface area contributed by atoms with Gasteiger partial charge in [-0.25, -0.2) is 4.98 Å². The van der Waals surface area contributed by atoms with Crippen LogP contribution in [0.2, 0.25) is 0 Å². The highest BCUT2D eigenvalue weighted by Crippen LogP contribution is 2.37. The van der Waals surface area contributed by atoms with Crippen LogP contribution >= 0.6 is 0 Å². The third-order valence-electron chi connectivity index (χ3n) is 4.78. The molecule has 1 saturated heterocycles. The number of ether oxygens (including phenoxy) is 2. The summed E-state index contributed by atoms with van der Waals surface area (Å²) in [4.78, 5) is 19.4. The van der Waals surface area contributed by atoms with Crippen LogP contribution in [-0.4, -0.2) is 39.1 Å². The maximum Gasteiger partial charge on any atom is 0.373 e. The van der Waals surface area contributed by atoms with Crippen molar-refractivity contribution in [1.29, 1.82) is 0 Å². The Morgan fingerprint density at radius 3 is 2.24 bits per heavy atom. The van der Waals surface area contributed by atoms with Crippen LogP contribution in [0.4, 0.5) is 11.5 Å². The lowest BCUT2D eigenvalue weighted by Gasteiger charge is -2.46. The number of rotatable bonds is 6. The number of nitro groups is 1. The molecule has 1 fully saturated rings. The summed E-state index contributed by atoms with van der Waals surface area (Å²) in [5.74, 6) is 1.13. The Labute approximate surface area is 170 Å². The number of hydrogen-bond donors (Lipinski definition) is 2. The van der Waals surface area contributed by atoms with E-state index in [0.29, 0.717) is 11.5 Å². The molecule has 0 aliphatic carbocycles. The largest absolute Gasteiger partial charge is 0.497 e. The van der Waals surface area contributed by atoms with Crippen LogP contribution in [-0.2, 0) is 0 Å². The molecule has 0 saturated carbocycles. The van der Waals surface area contributed by atoms with E-state index in [1.165, 1.54) is 6.33 Å². The van der Waals surface area contributed by atoms with Gasteiger partial charge in [0.25, 0.3) is 0 Å². The lowest BCUT2D eigenvalue weighted by Crippen LogP contribution is -2.60. The molecule has 2 N–H and O–H groups in total. The molecular weight excluding hydrogens is 374 g/mol. The third-order valence-corrected chi connectivity index (χ3v) is 4.78. The topological polar surface area (TPSA) is 111 Å². The summed E-state index contributed by atoms with van der Waals surface area (Å²) in [7, 11) is 1.56. The Balaban J connectivity index is 1.87. The minimum absolute atomic E-state index is 0.0173. The van der Waals surface area contributed by atoms with Crippen LogP contribution in [0.1, 0.15) is 40.5 Å². The second-order valence-corrected chi connectivity index (χ2v) is 8.55. The average molecular weight is 401 g/mol. The van der Waals surface area contributed by atoms with Crippen molar-refractivity contribution in [2.24, 2.45) is 0 Å². The van der Waals surface area contributed by atoms with E-state index in [4.69, 9.17) is 9.47 Å². The minimum Gasteiger partial charge on any atom is -0.497 e. The zero-order valence-electron chi connectivity index (χ0n) is 17.4. The van der Waals surface area contributed by atoms with E-state index < -0.39 is 4.92 Å². The Hall–Kier alpha value is -2.94. The molecule has 0 radical (unpaired) electrons. The number of hydrogen-bond acceptors (Lipinski definition) is 8. The molecule has 0 unspecified atom stereocenters. The van der Waals surface area contributed by atoms with Gasteiger partial charge >= 0.3 is 11.6 Å². The molecule has 2 aromatic rings. The van der Waals surface area contributed by atoms with Gasteiger partial charge in [-0.15, -0.1) is 0 Å². The van der Waals surface area contributed by atoms with E-state index in [1.54, 1.807) is 31.4 Å². The first kappa shape index (κ1) is 20.8. The van der Waals surface area contributed by atoms with E-state index in [-0.39, 0.29) is 34.5 Å². The van der Waals surface area contributed by atoms with Crippen LogP contribution in [0, 0.1) is 10.1 Å². The summed E-state index contributed by atoms with van der Waals surface area (Å²) < 4.78 is 10.8. The second kappa shape index (κ2) is 7.82. The van der Waals surface area contributed by atoms with Crippen LogP contribution in [0.15, 0.2) is 30.6 Å². The first-order valence-corrected chi connectivity index (χ1v) is 9.46. The summed E-state index contributed by atoms with van der Waals surface area (Å²) >= 11 is 0. The number of nitrogens with one attached hydrogen (secondary N) is 2. The average Bonchev–Trinajstić information content (AvgIpc) is 2.59. The van der Waals surface area contributed by atoms with E-state index in [0.717, 1.165) is 12.8 Å². The molecule has 0 bridgehead atoms. The van der Waals surface area contributed by atoms with Crippen molar-refractivity contribution in [3.63, 3.8) is 0 Å². The molecule has 2 heterocycles. The van der Waals surface area contributed by atoms with Gasteiger partial charge in [-0.1, -0.05) is 0 Å². The maximum atomic E-state index is 11.8. The third kappa shape index (κ3) is 5.11. The fraction of sp³-hybridized carbons (Fsp3) is 0.500. The zero-order chi connectivity index (χ0) is 21.2. The number of nitrogens with zero attached hydrogens (tertiary/aromatic N) is 3. The Kier molecular flexibility index (Phi) is 5.61. The molecule has 9 heteroatoms. The highest BCUT2D eigenvalue weighted by molar-refractivity contribution is 5.62. The maximum absolute atomic E-state index is 11.8. The number of aromatic nitrogens is 2. The lowest BCUT2D eigenvalue weighted by molar-refractivity contribution is -0.385. The van der Waals surface area contributed by atoms with Crippen LogP contribution in [0.5, 0.6) is 17.4 Å². The summed E-state index contributed by atoms with van der Waals surface area (Å²) in [5, 5.41) is 18.7. The van der Waals surface area contributed by atoms with Gasteiger partial charge < -0.3 is 20.1 Å². The Bertz CT molecular complexity index is 867.